The summed E-state index contributed by atoms with van der Waals surface area (Å²) < 4.78 is 5.04. The number of carbonyl (C=O) groups excluding carboxylic acids is 2. The summed E-state index contributed by atoms with van der Waals surface area (Å²) >= 11 is 0. The van der Waals surface area contributed by atoms with Gasteiger partial charge in [0.2, 0.25) is 0 Å². The van der Waals surface area contributed by atoms with Gasteiger partial charge in [0.25, 0.3) is 0 Å². The zero-order valence-corrected chi connectivity index (χ0v) is 10.9. The lowest BCUT2D eigenvalue weighted by Crippen LogP contribution is -2.19. The lowest BCUT2D eigenvalue weighted by molar-refractivity contribution is -0.143. The molecule has 0 radical (unpaired) electrons. The van der Waals surface area contributed by atoms with Crippen LogP contribution >= 0.6 is 0 Å². The fraction of sp³-hybridized carbons (Fsp3) is 0.692. The van der Waals surface area contributed by atoms with Crippen LogP contribution in [0.1, 0.15) is 47.5 Å². The van der Waals surface area contributed by atoms with E-state index in [0.29, 0.717) is 18.8 Å². The van der Waals surface area contributed by atoms with E-state index in [1.807, 2.05) is 13.8 Å². The molecule has 0 saturated heterocycles. The Morgan fingerprint density at radius 2 is 1.75 bits per heavy atom. The van der Waals surface area contributed by atoms with E-state index in [-0.39, 0.29) is 17.5 Å². The molecule has 92 valence electrons. The third kappa shape index (κ3) is 5.69. The minimum absolute atomic E-state index is 0.147. The van der Waals surface area contributed by atoms with Crippen molar-refractivity contribution in [2.24, 2.45) is 5.92 Å². The average molecular weight is 226 g/mol. The van der Waals surface area contributed by atoms with Gasteiger partial charge < -0.3 is 4.74 Å². The minimum Gasteiger partial charge on any atom is -0.459 e. The van der Waals surface area contributed by atoms with Gasteiger partial charge in [0.05, 0.1) is 11.7 Å². The van der Waals surface area contributed by atoms with Gasteiger partial charge in [0.1, 0.15) is 0 Å². The van der Waals surface area contributed by atoms with E-state index in [1.165, 1.54) is 0 Å². The molecular weight excluding hydrogens is 204 g/mol. The highest BCUT2D eigenvalue weighted by atomic mass is 16.5. The van der Waals surface area contributed by atoms with Crippen LogP contribution in [0.15, 0.2) is 11.6 Å². The number of rotatable bonds is 6. The lowest BCUT2D eigenvalue weighted by Gasteiger charge is -2.10. The summed E-state index contributed by atoms with van der Waals surface area (Å²) in [6, 6.07) is 0. The molecule has 0 aromatic carbocycles. The van der Waals surface area contributed by atoms with E-state index >= 15 is 0 Å². The van der Waals surface area contributed by atoms with Crippen LogP contribution in [0.4, 0.5) is 0 Å². The number of esters is 1. The first kappa shape index (κ1) is 14.9. The van der Waals surface area contributed by atoms with Crippen molar-refractivity contribution in [2.75, 3.05) is 0 Å². The van der Waals surface area contributed by atoms with E-state index in [0.717, 1.165) is 0 Å². The zero-order valence-electron chi connectivity index (χ0n) is 10.9. The van der Waals surface area contributed by atoms with Gasteiger partial charge in [-0.2, -0.15) is 0 Å². The molecule has 0 aromatic heterocycles. The summed E-state index contributed by atoms with van der Waals surface area (Å²) in [5.41, 5.74) is 0.199. The molecule has 0 saturated carbocycles. The molecule has 0 atom stereocenters. The maximum absolute atomic E-state index is 11.7. The maximum Gasteiger partial charge on any atom is 0.341 e. The molecule has 0 rings (SSSR count). The minimum atomic E-state index is -0.498. The number of ketones is 1. The number of hydrogen-bond donors (Lipinski definition) is 0. The molecule has 0 amide bonds. The van der Waals surface area contributed by atoms with Gasteiger partial charge in [0, 0.05) is 6.42 Å². The van der Waals surface area contributed by atoms with Gasteiger partial charge in [-0.25, -0.2) is 4.79 Å². The lowest BCUT2D eigenvalue weighted by atomic mass is 10.0. The number of carbonyl (C=O) groups is 2. The highest BCUT2D eigenvalue weighted by molar-refractivity contribution is 6.17. The average Bonchev–Trinajstić information content (AvgIpc) is 2.15. The van der Waals surface area contributed by atoms with E-state index in [1.54, 1.807) is 26.8 Å². The van der Waals surface area contributed by atoms with Crippen LogP contribution in [0.5, 0.6) is 0 Å². The standard InChI is InChI=1S/C13H22O3/c1-6-12(14)11(8-7-9(2)3)13(15)16-10(4)5/h8-10H,6-7H2,1-5H3. The predicted molar refractivity (Wildman–Crippen MR) is 64.1 cm³/mol. The fourth-order valence-electron chi connectivity index (χ4n) is 1.13. The molecule has 0 fully saturated rings. The van der Waals surface area contributed by atoms with Crippen LogP contribution in [0.25, 0.3) is 0 Å². The Hall–Kier alpha value is -1.12. The Kier molecular flexibility index (Phi) is 6.70. The Bertz CT molecular complexity index is 275. The molecule has 0 heterocycles. The van der Waals surface area contributed by atoms with Crippen LogP contribution in [0, 0.1) is 5.92 Å². The molecule has 0 aliphatic heterocycles. The number of Topliss-reactive ketones (excluding diaryl/α,β-unsaturated/α-hetero) is 1. The number of allylic oxidation sites excluding steroid dienone is 1. The van der Waals surface area contributed by atoms with Crippen LogP contribution in [0.2, 0.25) is 0 Å². The number of hydrogen-bond acceptors (Lipinski definition) is 3. The molecule has 0 spiro atoms. The quantitative estimate of drug-likeness (QED) is 0.303. The van der Waals surface area contributed by atoms with E-state index in [2.05, 4.69) is 0 Å². The van der Waals surface area contributed by atoms with Crippen LogP contribution < -0.4 is 0 Å². The van der Waals surface area contributed by atoms with Crippen molar-refractivity contribution in [1.29, 1.82) is 0 Å². The van der Waals surface area contributed by atoms with Crippen LogP contribution in [-0.4, -0.2) is 17.9 Å². The number of ether oxygens (including phenoxy) is 1. The van der Waals surface area contributed by atoms with Crippen LogP contribution in [-0.2, 0) is 14.3 Å². The topological polar surface area (TPSA) is 43.4 Å². The third-order valence-electron chi connectivity index (χ3n) is 1.98. The van der Waals surface area contributed by atoms with E-state index < -0.39 is 5.97 Å². The van der Waals surface area contributed by atoms with Crippen molar-refractivity contribution in [2.45, 2.75) is 53.6 Å². The Morgan fingerprint density at radius 1 is 1.19 bits per heavy atom. The Labute approximate surface area is 97.9 Å². The summed E-state index contributed by atoms with van der Waals surface area (Å²) in [7, 11) is 0. The van der Waals surface area contributed by atoms with Crippen molar-refractivity contribution < 1.29 is 14.3 Å². The zero-order chi connectivity index (χ0) is 12.7. The summed E-state index contributed by atoms with van der Waals surface area (Å²) in [5.74, 6) is -0.222. The molecule has 16 heavy (non-hydrogen) atoms. The molecule has 0 N–H and O–H groups in total. The highest BCUT2D eigenvalue weighted by Gasteiger charge is 2.18. The van der Waals surface area contributed by atoms with E-state index in [4.69, 9.17) is 4.74 Å². The van der Waals surface area contributed by atoms with Crippen molar-refractivity contribution in [3.05, 3.63) is 11.6 Å². The second-order valence-corrected chi connectivity index (χ2v) is 4.48. The third-order valence-corrected chi connectivity index (χ3v) is 1.98. The second kappa shape index (κ2) is 7.20. The molecule has 3 heteroatoms. The van der Waals surface area contributed by atoms with Crippen molar-refractivity contribution in [1.82, 2.24) is 0 Å². The fourth-order valence-corrected chi connectivity index (χ4v) is 1.13. The van der Waals surface area contributed by atoms with Gasteiger partial charge in [-0.15, -0.1) is 0 Å². The summed E-state index contributed by atoms with van der Waals surface area (Å²) in [6.45, 7) is 9.37. The summed E-state index contributed by atoms with van der Waals surface area (Å²) in [4.78, 5) is 23.2. The Morgan fingerprint density at radius 3 is 2.12 bits per heavy atom. The molecule has 0 bridgehead atoms. The van der Waals surface area contributed by atoms with E-state index in [9.17, 15) is 9.59 Å². The molecule has 0 aliphatic carbocycles. The van der Waals surface area contributed by atoms with Crippen molar-refractivity contribution in [3.63, 3.8) is 0 Å². The SMILES string of the molecule is CCC(=O)C(=CCC(C)C)C(=O)OC(C)C. The first-order valence-electron chi connectivity index (χ1n) is 5.82. The normalized spacial score (nSPS) is 12.1. The molecular formula is C13H22O3. The maximum atomic E-state index is 11.7. The molecule has 3 nitrogen and oxygen atoms in total. The summed E-state index contributed by atoms with van der Waals surface area (Å²) in [6.07, 6.45) is 2.55. The van der Waals surface area contributed by atoms with Crippen LogP contribution in [0.3, 0.4) is 0 Å². The second-order valence-electron chi connectivity index (χ2n) is 4.48. The first-order valence-corrected chi connectivity index (χ1v) is 5.82. The van der Waals surface area contributed by atoms with Crippen molar-refractivity contribution in [3.8, 4) is 0 Å². The van der Waals surface area contributed by atoms with Gasteiger partial charge in [0.15, 0.2) is 5.78 Å². The van der Waals surface area contributed by atoms with Gasteiger partial charge in [-0.3, -0.25) is 4.79 Å². The van der Waals surface area contributed by atoms with Crippen molar-refractivity contribution >= 4 is 11.8 Å². The first-order chi connectivity index (χ1) is 7.38. The van der Waals surface area contributed by atoms with Gasteiger partial charge >= 0.3 is 5.97 Å². The molecule has 0 unspecified atom stereocenters. The Balaban J connectivity index is 4.73. The highest BCUT2D eigenvalue weighted by Crippen LogP contribution is 2.10. The van der Waals surface area contributed by atoms with Gasteiger partial charge in [-0.05, 0) is 26.2 Å². The summed E-state index contributed by atoms with van der Waals surface area (Å²) in [5, 5.41) is 0. The largest absolute Gasteiger partial charge is 0.459 e. The molecule has 0 aromatic rings. The molecule has 0 aliphatic rings. The van der Waals surface area contributed by atoms with Gasteiger partial charge in [-0.1, -0.05) is 26.8 Å². The predicted octanol–water partition coefficient (Wildman–Crippen LogP) is 2.89. The smallest absolute Gasteiger partial charge is 0.341 e. The monoisotopic (exact) mass is 226 g/mol.